The van der Waals surface area contributed by atoms with E-state index in [0.717, 1.165) is 64.4 Å². The third-order valence-corrected chi connectivity index (χ3v) is 26.9. The standard InChI is InChI=1S/C93H114Cl2N2O24Si/c1-60-79(107-54-68-39-23-14-24-40-68)85(108-55-69-41-25-15-26-42-69)87(109-56-70-43-27-16-28-44-70)91(111-60)119-81-74(58-105-53-67-37-21-13-22-38-67)117-90(78(97-76(103)51-95)84(81)114-64(5)101)121-86-82(112-62(3)99)75(59-110-122(93(7,8)9,71-45-29-17-30-46-71)72-47-31-18-32-48-72)118-92(88(86)115-65(6)102)120-80-73(57-104-52-66-35-19-12-20-36-66)116-89(106-50-34-11-10-33-49-94)77(96-61(2)98)83(80)113-63(4)100/h12-32,35-48,60,73-75,77-92H,10-11,33-34,49-59H2,1-9H3,(H,96,98)(H,97,103)/t60-,73+,74+,75+,77+,78+,79+,80+,81+,82-,83+,84+,85+,86-,87-,88+,89+,90-,91-,92-/m0/s1. The van der Waals surface area contributed by atoms with E-state index in [1.165, 1.54) is 27.7 Å². The Morgan fingerprint density at radius 2 is 0.738 bits per heavy atom. The van der Waals surface area contributed by atoms with Crippen LogP contribution in [-0.4, -0.2) is 205 Å². The second-order valence-electron chi connectivity index (χ2n) is 31.6. The van der Waals surface area contributed by atoms with Crippen molar-refractivity contribution in [2.24, 2.45) is 0 Å². The van der Waals surface area contributed by atoms with Crippen LogP contribution >= 0.6 is 23.2 Å². The van der Waals surface area contributed by atoms with Gasteiger partial charge in [-0.2, -0.15) is 0 Å². The van der Waals surface area contributed by atoms with Crippen molar-refractivity contribution in [3.63, 3.8) is 0 Å². The molecule has 0 unspecified atom stereocenters. The molecule has 20 atom stereocenters. The van der Waals surface area contributed by atoms with Crippen molar-refractivity contribution in [2.75, 3.05) is 38.2 Å². The zero-order valence-electron chi connectivity index (χ0n) is 70.4. The van der Waals surface area contributed by atoms with Crippen molar-refractivity contribution in [2.45, 2.75) is 249 Å². The molecule has 2 amide bonds. The molecule has 0 aliphatic carbocycles. The number of hydrogen-bond acceptors (Lipinski definition) is 24. The molecule has 7 aromatic carbocycles. The fourth-order valence-corrected chi connectivity index (χ4v) is 20.8. The number of ether oxygens (including phenoxy) is 17. The molecule has 7 aromatic rings. The molecule has 4 heterocycles. The molecule has 122 heavy (non-hydrogen) atoms. The first-order valence-corrected chi connectivity index (χ1v) is 44.5. The quantitative estimate of drug-likeness (QED) is 0.0118. The highest BCUT2D eigenvalue weighted by Crippen LogP contribution is 2.43. The van der Waals surface area contributed by atoms with Crippen LogP contribution in [0.15, 0.2) is 212 Å². The summed E-state index contributed by atoms with van der Waals surface area (Å²) in [6.45, 7) is 13.3. The average Bonchev–Trinajstić information content (AvgIpc) is 0.745. The number of carbonyl (C=O) groups excluding carboxylic acids is 6. The first-order chi connectivity index (χ1) is 59.0. The maximum Gasteiger partial charge on any atom is 0.303 e. The van der Waals surface area contributed by atoms with Crippen LogP contribution in [0.1, 0.15) is 116 Å². The molecule has 0 bridgehead atoms. The highest BCUT2D eigenvalue weighted by atomic mass is 35.5. The molecule has 4 aliphatic rings. The summed E-state index contributed by atoms with van der Waals surface area (Å²) in [7, 11) is -3.66. The van der Waals surface area contributed by atoms with E-state index in [4.69, 9.17) is 108 Å². The second kappa shape index (κ2) is 47.1. The number of alkyl halides is 2. The maximum atomic E-state index is 14.6. The van der Waals surface area contributed by atoms with Crippen LogP contribution in [0.2, 0.25) is 5.04 Å². The maximum absolute atomic E-state index is 14.6. The minimum atomic E-state index is -3.66. The minimum absolute atomic E-state index is 0.00353. The Hall–Kier alpha value is -8.40. The molecular formula is C93H114Cl2N2O24Si. The SMILES string of the molecule is CC(=O)N[C@H]1[C@H](OCCCCCCCl)O[C@H](COCc2ccccc2)[C@@H](O[C@@H]2O[C@H](CO[Si](c3ccccc3)(c3ccccc3)C(C)(C)C)[C@H](OC(C)=O)[C@H](O[C@@H]3O[C@H](COCc4ccccc4)[C@@H](O[C@@H]4O[C@@H](C)[C@@H](OCc5ccccc5)[C@@H](OCc5ccccc5)[C@@H]4OCc4ccccc4)[C@H](OC(C)=O)[C@H]3NC(=O)CCl)[C@H]2OC(C)=O)[C@@H]1OC(C)=O. The van der Waals surface area contributed by atoms with Gasteiger partial charge in [-0.1, -0.05) is 246 Å². The van der Waals surface area contributed by atoms with E-state index < -0.39 is 184 Å². The number of rotatable bonds is 42. The van der Waals surface area contributed by atoms with Gasteiger partial charge in [0.15, 0.2) is 49.6 Å². The van der Waals surface area contributed by atoms with Crippen LogP contribution in [0.5, 0.6) is 0 Å². The summed E-state index contributed by atoms with van der Waals surface area (Å²) in [5, 5.41) is 6.87. The predicted molar refractivity (Wildman–Crippen MR) is 453 cm³/mol. The van der Waals surface area contributed by atoms with Crippen molar-refractivity contribution >= 4 is 77.6 Å². The van der Waals surface area contributed by atoms with E-state index in [1.807, 2.05) is 219 Å². The number of esters is 4. The molecule has 0 radical (unpaired) electrons. The van der Waals surface area contributed by atoms with Crippen molar-refractivity contribution in [3.8, 4) is 0 Å². The van der Waals surface area contributed by atoms with Crippen molar-refractivity contribution in [1.82, 2.24) is 10.6 Å². The minimum Gasteiger partial charge on any atom is -0.457 e. The van der Waals surface area contributed by atoms with Gasteiger partial charge in [0.05, 0.1) is 59.0 Å². The molecule has 4 aliphatic heterocycles. The van der Waals surface area contributed by atoms with Gasteiger partial charge in [-0.05, 0) is 63.0 Å². The lowest BCUT2D eigenvalue weighted by Gasteiger charge is -2.52. The monoisotopic (exact) mass is 1740 g/mol. The third kappa shape index (κ3) is 26.4. The number of hydrogen-bond donors (Lipinski definition) is 2. The third-order valence-electron chi connectivity index (χ3n) is 21.3. The molecule has 4 fully saturated rings. The van der Waals surface area contributed by atoms with Gasteiger partial charge < -0.3 is 95.6 Å². The van der Waals surface area contributed by atoms with Crippen LogP contribution in [0.3, 0.4) is 0 Å². The van der Waals surface area contributed by atoms with E-state index in [-0.39, 0.29) is 52.9 Å². The Morgan fingerprint density at radius 1 is 0.369 bits per heavy atom. The molecule has 4 saturated heterocycles. The zero-order chi connectivity index (χ0) is 86.6. The van der Waals surface area contributed by atoms with E-state index in [1.54, 1.807) is 0 Å². The summed E-state index contributed by atoms with van der Waals surface area (Å²) in [5.41, 5.74) is 4.06. The van der Waals surface area contributed by atoms with E-state index in [2.05, 4.69) is 31.4 Å². The van der Waals surface area contributed by atoms with Gasteiger partial charge in [0, 0.05) is 47.1 Å². The lowest BCUT2D eigenvalue weighted by molar-refractivity contribution is -0.380. The largest absolute Gasteiger partial charge is 0.457 e. The molecule has 26 nitrogen and oxygen atoms in total. The van der Waals surface area contributed by atoms with Crippen LogP contribution in [0, 0.1) is 0 Å². The molecule has 0 saturated carbocycles. The molecule has 2 N–H and O–H groups in total. The highest BCUT2D eigenvalue weighted by Gasteiger charge is 2.61. The molecule has 11 rings (SSSR count). The van der Waals surface area contributed by atoms with Gasteiger partial charge in [0.25, 0.3) is 8.32 Å². The van der Waals surface area contributed by atoms with E-state index in [0.29, 0.717) is 12.3 Å². The summed E-state index contributed by atoms with van der Waals surface area (Å²) in [5.74, 6) is -5.07. The van der Waals surface area contributed by atoms with E-state index >= 15 is 0 Å². The fraction of sp³-hybridized carbons (Fsp3) is 0.484. The topological polar surface area (TPSA) is 293 Å². The average molecular weight is 1740 g/mol. The number of nitrogens with one attached hydrogen (secondary N) is 2. The summed E-state index contributed by atoms with van der Waals surface area (Å²) in [4.78, 5) is 85.5. The normalized spacial score (nSPS) is 26.7. The number of carbonyl (C=O) groups is 6. The molecule has 0 aromatic heterocycles. The number of amides is 2. The summed E-state index contributed by atoms with van der Waals surface area (Å²) < 4.78 is 125. The van der Waals surface area contributed by atoms with Crippen LogP contribution in [0.4, 0.5) is 0 Å². The van der Waals surface area contributed by atoms with Gasteiger partial charge >= 0.3 is 23.9 Å². The van der Waals surface area contributed by atoms with Gasteiger partial charge in [-0.15, -0.1) is 23.2 Å². The predicted octanol–water partition coefficient (Wildman–Crippen LogP) is 11.6. The van der Waals surface area contributed by atoms with Crippen LogP contribution in [0.25, 0.3) is 0 Å². The first kappa shape index (κ1) is 94.3. The van der Waals surface area contributed by atoms with Gasteiger partial charge in [0.1, 0.15) is 72.9 Å². The molecular weight excluding hydrogens is 1630 g/mol. The van der Waals surface area contributed by atoms with Crippen molar-refractivity contribution in [1.29, 1.82) is 0 Å². The van der Waals surface area contributed by atoms with Crippen LogP contribution in [-0.2, 0) is 147 Å². The van der Waals surface area contributed by atoms with Gasteiger partial charge in [-0.3, -0.25) is 28.8 Å². The fourth-order valence-electron chi connectivity index (χ4n) is 15.9. The Kier molecular flexibility index (Phi) is 36.4. The summed E-state index contributed by atoms with van der Waals surface area (Å²) in [6, 6.07) is 63.8. The van der Waals surface area contributed by atoms with Gasteiger partial charge in [-0.25, -0.2) is 0 Å². The van der Waals surface area contributed by atoms with E-state index in [9.17, 15) is 28.8 Å². The lowest BCUT2D eigenvalue weighted by atomic mass is 9.93. The highest BCUT2D eigenvalue weighted by molar-refractivity contribution is 6.99. The summed E-state index contributed by atoms with van der Waals surface area (Å²) in [6.07, 6.45) is -23.6. The Bertz CT molecular complexity index is 4290. The lowest BCUT2D eigenvalue weighted by Crippen LogP contribution is -2.72. The molecule has 658 valence electrons. The van der Waals surface area contributed by atoms with Crippen LogP contribution < -0.4 is 21.0 Å². The summed E-state index contributed by atoms with van der Waals surface area (Å²) >= 11 is 12.6. The molecule has 29 heteroatoms. The second-order valence-corrected chi connectivity index (χ2v) is 36.6. The smallest absolute Gasteiger partial charge is 0.303 e. The Labute approximate surface area is 725 Å². The van der Waals surface area contributed by atoms with Crippen molar-refractivity contribution < 1.29 is 114 Å². The number of benzene rings is 7. The Morgan fingerprint density at radius 3 is 1.17 bits per heavy atom. The molecule has 0 spiro atoms. The first-order valence-electron chi connectivity index (χ1n) is 41.5. The number of unbranched alkanes of at least 4 members (excludes halogenated alkanes) is 3. The number of halogens is 2. The van der Waals surface area contributed by atoms with Gasteiger partial charge in [0.2, 0.25) is 11.8 Å². The van der Waals surface area contributed by atoms with Crippen molar-refractivity contribution in [3.05, 3.63) is 240 Å². The zero-order valence-corrected chi connectivity index (χ0v) is 72.9. The Balaban J connectivity index is 1.07.